The van der Waals surface area contributed by atoms with Crippen LogP contribution >= 0.6 is 31.9 Å². The number of nitrogens with zero attached hydrogens (tertiary/aromatic N) is 1. The lowest BCUT2D eigenvalue weighted by molar-refractivity contribution is 0.0965. The summed E-state index contributed by atoms with van der Waals surface area (Å²) in [7, 11) is 0. The molecule has 0 aliphatic rings. The van der Waals surface area contributed by atoms with Gasteiger partial charge in [-0.2, -0.15) is 0 Å². The quantitative estimate of drug-likeness (QED) is 0.580. The zero-order chi connectivity index (χ0) is 15.0. The summed E-state index contributed by atoms with van der Waals surface area (Å²) in [6.07, 6.45) is 2.33. The predicted octanol–water partition coefficient (Wildman–Crippen LogP) is 4.67. The van der Waals surface area contributed by atoms with Crippen LogP contribution in [0.25, 0.3) is 10.9 Å². The van der Waals surface area contributed by atoms with E-state index in [1.807, 2.05) is 30.3 Å². The third kappa shape index (κ3) is 2.47. The largest absolute Gasteiger partial charge is 0.298 e. The molecule has 5 heteroatoms. The molecule has 3 rings (SSSR count). The average Bonchev–Trinajstić information content (AvgIpc) is 2.86. The molecule has 0 saturated carbocycles. The van der Waals surface area contributed by atoms with E-state index in [1.165, 1.54) is 4.57 Å². The summed E-state index contributed by atoms with van der Waals surface area (Å²) < 4.78 is 3.11. The van der Waals surface area contributed by atoms with E-state index in [1.54, 1.807) is 18.3 Å². The van der Waals surface area contributed by atoms with Gasteiger partial charge in [0.15, 0.2) is 6.29 Å². The van der Waals surface area contributed by atoms with Crippen molar-refractivity contribution in [3.8, 4) is 0 Å². The van der Waals surface area contributed by atoms with Crippen LogP contribution < -0.4 is 0 Å². The first-order chi connectivity index (χ1) is 10.1. The molecule has 0 saturated heterocycles. The van der Waals surface area contributed by atoms with E-state index in [2.05, 4.69) is 31.9 Å². The van der Waals surface area contributed by atoms with E-state index in [0.717, 1.165) is 20.6 Å². The third-order valence-corrected chi connectivity index (χ3v) is 4.30. The summed E-state index contributed by atoms with van der Waals surface area (Å²) >= 11 is 6.86. The lowest BCUT2D eigenvalue weighted by Gasteiger charge is -2.05. The van der Waals surface area contributed by atoms with Crippen LogP contribution in [0.5, 0.6) is 0 Å². The Kier molecular flexibility index (Phi) is 3.78. The van der Waals surface area contributed by atoms with Crippen LogP contribution in [0.15, 0.2) is 57.6 Å². The molecule has 0 aliphatic carbocycles. The highest BCUT2D eigenvalue weighted by Gasteiger charge is 2.17. The lowest BCUT2D eigenvalue weighted by Crippen LogP contribution is -2.10. The highest BCUT2D eigenvalue weighted by molar-refractivity contribution is 9.11. The Hall–Kier alpha value is -1.72. The highest BCUT2D eigenvalue weighted by Crippen LogP contribution is 2.32. The first-order valence-corrected chi connectivity index (χ1v) is 7.75. The lowest BCUT2D eigenvalue weighted by atomic mass is 10.2. The van der Waals surface area contributed by atoms with Gasteiger partial charge in [0.05, 0.1) is 5.52 Å². The molecule has 0 unspecified atom stereocenters. The van der Waals surface area contributed by atoms with Gasteiger partial charge in [0.1, 0.15) is 0 Å². The van der Waals surface area contributed by atoms with Gasteiger partial charge in [0, 0.05) is 31.7 Å². The maximum absolute atomic E-state index is 12.6. The van der Waals surface area contributed by atoms with Crippen molar-refractivity contribution in [1.82, 2.24) is 4.57 Å². The fourth-order valence-electron chi connectivity index (χ4n) is 2.29. The molecule has 1 aromatic heterocycles. The second-order valence-corrected chi connectivity index (χ2v) is 6.30. The van der Waals surface area contributed by atoms with Crippen molar-refractivity contribution in [1.29, 1.82) is 0 Å². The van der Waals surface area contributed by atoms with Crippen molar-refractivity contribution in [3.63, 3.8) is 0 Å². The van der Waals surface area contributed by atoms with E-state index in [-0.39, 0.29) is 5.91 Å². The first kappa shape index (κ1) is 14.2. The molecule has 2 aromatic carbocycles. The van der Waals surface area contributed by atoms with Crippen LogP contribution in [-0.2, 0) is 0 Å². The maximum Gasteiger partial charge on any atom is 0.262 e. The van der Waals surface area contributed by atoms with Crippen LogP contribution in [0.3, 0.4) is 0 Å². The smallest absolute Gasteiger partial charge is 0.262 e. The zero-order valence-corrected chi connectivity index (χ0v) is 13.9. The fraction of sp³-hybridized carbons (Fsp3) is 0. The Morgan fingerprint density at radius 3 is 2.48 bits per heavy atom. The zero-order valence-electron chi connectivity index (χ0n) is 10.7. The average molecular weight is 407 g/mol. The van der Waals surface area contributed by atoms with Gasteiger partial charge in [0.25, 0.3) is 5.91 Å². The minimum atomic E-state index is -0.168. The van der Waals surface area contributed by atoms with Gasteiger partial charge >= 0.3 is 0 Å². The summed E-state index contributed by atoms with van der Waals surface area (Å²) in [4.78, 5) is 23.9. The molecule has 0 amide bonds. The number of halogens is 2. The number of hydrogen-bond donors (Lipinski definition) is 0. The van der Waals surface area contributed by atoms with Gasteiger partial charge in [-0.25, -0.2) is 0 Å². The Morgan fingerprint density at radius 1 is 1.10 bits per heavy atom. The number of carbonyl (C=O) groups excluding carboxylic acids is 2. The number of rotatable bonds is 2. The molecule has 0 aliphatic heterocycles. The predicted molar refractivity (Wildman–Crippen MR) is 88.9 cm³/mol. The Morgan fingerprint density at radius 2 is 1.81 bits per heavy atom. The summed E-state index contributed by atoms with van der Waals surface area (Å²) in [5.74, 6) is -0.168. The van der Waals surface area contributed by atoms with Gasteiger partial charge in [-0.15, -0.1) is 0 Å². The van der Waals surface area contributed by atoms with Gasteiger partial charge in [-0.05, 0) is 24.3 Å². The molecule has 1 heterocycles. The fourth-order valence-corrected chi connectivity index (χ4v) is 3.72. The normalized spacial score (nSPS) is 10.8. The molecule has 0 bridgehead atoms. The van der Waals surface area contributed by atoms with E-state index >= 15 is 0 Å². The Balaban J connectivity index is 2.29. The summed E-state index contributed by atoms with van der Waals surface area (Å²) in [6.45, 7) is 0. The van der Waals surface area contributed by atoms with Gasteiger partial charge in [-0.3, -0.25) is 14.2 Å². The minimum absolute atomic E-state index is 0.168. The van der Waals surface area contributed by atoms with Gasteiger partial charge in [0.2, 0.25) is 0 Å². The molecule has 21 heavy (non-hydrogen) atoms. The van der Waals surface area contributed by atoms with Gasteiger partial charge in [-0.1, -0.05) is 50.1 Å². The second kappa shape index (κ2) is 5.58. The van der Waals surface area contributed by atoms with Crippen molar-refractivity contribution in [3.05, 3.63) is 68.7 Å². The standard InChI is InChI=1S/C16H9Br2NO2/c17-12-6-13(18)15-11(9-20)8-19(14(15)7-12)16(21)10-4-2-1-3-5-10/h1-9H. The maximum atomic E-state index is 12.6. The number of fused-ring (bicyclic) bond motifs is 1. The van der Waals surface area contributed by atoms with Crippen LogP contribution in [-0.4, -0.2) is 16.8 Å². The van der Waals surface area contributed by atoms with Crippen molar-refractivity contribution in [2.45, 2.75) is 0 Å². The van der Waals surface area contributed by atoms with E-state index in [9.17, 15) is 9.59 Å². The Bertz CT molecular complexity index is 854. The number of carbonyl (C=O) groups is 2. The number of hydrogen-bond acceptors (Lipinski definition) is 2. The molecule has 0 radical (unpaired) electrons. The van der Waals surface area contributed by atoms with Crippen molar-refractivity contribution in [2.75, 3.05) is 0 Å². The molecule has 3 aromatic rings. The highest BCUT2D eigenvalue weighted by atomic mass is 79.9. The van der Waals surface area contributed by atoms with Crippen molar-refractivity contribution < 1.29 is 9.59 Å². The third-order valence-electron chi connectivity index (χ3n) is 3.22. The van der Waals surface area contributed by atoms with E-state index < -0.39 is 0 Å². The molecular weight excluding hydrogens is 398 g/mol. The molecule has 0 spiro atoms. The number of aromatic nitrogens is 1. The second-order valence-electron chi connectivity index (χ2n) is 4.53. The van der Waals surface area contributed by atoms with Crippen LogP contribution in [0.1, 0.15) is 20.7 Å². The van der Waals surface area contributed by atoms with Crippen LogP contribution in [0.2, 0.25) is 0 Å². The number of benzene rings is 2. The molecule has 3 nitrogen and oxygen atoms in total. The van der Waals surface area contributed by atoms with Gasteiger partial charge < -0.3 is 0 Å². The van der Waals surface area contributed by atoms with Crippen LogP contribution in [0, 0.1) is 0 Å². The van der Waals surface area contributed by atoms with E-state index in [4.69, 9.17) is 0 Å². The molecule has 0 N–H and O–H groups in total. The number of aldehydes is 1. The summed E-state index contributed by atoms with van der Waals surface area (Å²) in [6, 6.07) is 12.7. The monoisotopic (exact) mass is 405 g/mol. The topological polar surface area (TPSA) is 39.1 Å². The minimum Gasteiger partial charge on any atom is -0.298 e. The van der Waals surface area contributed by atoms with Crippen molar-refractivity contribution in [2.24, 2.45) is 0 Å². The van der Waals surface area contributed by atoms with Crippen molar-refractivity contribution >= 4 is 55.0 Å². The van der Waals surface area contributed by atoms with E-state index in [0.29, 0.717) is 16.6 Å². The molecule has 104 valence electrons. The first-order valence-electron chi connectivity index (χ1n) is 6.17. The molecule has 0 fully saturated rings. The summed E-state index contributed by atoms with van der Waals surface area (Å²) in [5, 5.41) is 0.734. The molecular formula is C16H9Br2NO2. The SMILES string of the molecule is O=Cc1cn(C(=O)c2ccccc2)c2cc(Br)cc(Br)c12. The Labute approximate surface area is 137 Å². The summed E-state index contributed by atoms with van der Waals surface area (Å²) in [5.41, 5.74) is 1.74. The van der Waals surface area contributed by atoms with Crippen LogP contribution in [0.4, 0.5) is 0 Å². The molecule has 0 atom stereocenters.